The standard InChI is InChI=1S/C20H25NO4S/c1-5-24-20(23)25-19-16-9-7-14(11-26)6-8-15(16)17(10-12(2)3)18(19)21-13(4)22/h6-9,12,26H,5,10-11H2,1-4H3,(H,21,22). The smallest absolute Gasteiger partial charge is 0.434 e. The molecule has 140 valence electrons. The third-order valence-electron chi connectivity index (χ3n) is 3.86. The average molecular weight is 375 g/mol. The summed E-state index contributed by atoms with van der Waals surface area (Å²) in [6.45, 7) is 7.56. The number of carbonyl (C=O) groups excluding carboxylic acids is 2. The number of hydrogen-bond acceptors (Lipinski definition) is 5. The molecule has 0 unspecified atom stereocenters. The quantitative estimate of drug-likeness (QED) is 0.556. The van der Waals surface area contributed by atoms with Crippen molar-refractivity contribution in [3.05, 3.63) is 35.4 Å². The van der Waals surface area contributed by atoms with Gasteiger partial charge in [-0.1, -0.05) is 38.1 Å². The second-order valence-corrected chi connectivity index (χ2v) is 6.79. The first-order chi connectivity index (χ1) is 12.4. The highest BCUT2D eigenvalue weighted by atomic mass is 32.1. The van der Waals surface area contributed by atoms with Gasteiger partial charge in [-0.15, -0.1) is 0 Å². The van der Waals surface area contributed by atoms with Crippen LogP contribution in [0.5, 0.6) is 5.75 Å². The van der Waals surface area contributed by atoms with Crippen molar-refractivity contribution in [1.82, 2.24) is 0 Å². The largest absolute Gasteiger partial charge is 0.513 e. The van der Waals surface area contributed by atoms with E-state index in [0.29, 0.717) is 23.1 Å². The fourth-order valence-corrected chi connectivity index (χ4v) is 3.06. The van der Waals surface area contributed by atoms with Crippen molar-refractivity contribution < 1.29 is 19.1 Å². The van der Waals surface area contributed by atoms with E-state index in [1.165, 1.54) is 6.92 Å². The Hall–Kier alpha value is -2.21. The molecule has 0 aromatic heterocycles. The first-order valence-electron chi connectivity index (χ1n) is 8.67. The maximum absolute atomic E-state index is 12.0. The van der Waals surface area contributed by atoms with Crippen LogP contribution in [0.25, 0.3) is 11.1 Å². The maximum Gasteiger partial charge on any atom is 0.513 e. The van der Waals surface area contributed by atoms with Crippen LogP contribution in [-0.4, -0.2) is 18.7 Å². The minimum absolute atomic E-state index is 0.212. The summed E-state index contributed by atoms with van der Waals surface area (Å²) in [5.74, 6) is 1.06. The van der Waals surface area contributed by atoms with E-state index in [4.69, 9.17) is 9.47 Å². The van der Waals surface area contributed by atoms with E-state index >= 15 is 0 Å². The molecule has 0 bridgehead atoms. The molecule has 0 saturated carbocycles. The number of ether oxygens (including phenoxy) is 2. The van der Waals surface area contributed by atoms with Crippen LogP contribution >= 0.6 is 12.6 Å². The third-order valence-corrected chi connectivity index (χ3v) is 4.23. The molecule has 0 aromatic rings. The lowest BCUT2D eigenvalue weighted by Crippen LogP contribution is -2.13. The highest BCUT2D eigenvalue weighted by molar-refractivity contribution is 7.79. The van der Waals surface area contributed by atoms with Gasteiger partial charge < -0.3 is 14.8 Å². The molecule has 2 aliphatic carbocycles. The normalized spacial score (nSPS) is 10.8. The van der Waals surface area contributed by atoms with E-state index < -0.39 is 6.16 Å². The number of fused-ring (bicyclic) bond motifs is 1. The molecule has 2 aliphatic rings. The van der Waals surface area contributed by atoms with Crippen molar-refractivity contribution in [3.63, 3.8) is 0 Å². The van der Waals surface area contributed by atoms with Crippen molar-refractivity contribution in [3.8, 4) is 16.9 Å². The van der Waals surface area contributed by atoms with Gasteiger partial charge in [0.1, 0.15) is 0 Å². The summed E-state index contributed by atoms with van der Waals surface area (Å²) in [5.41, 5.74) is 4.22. The molecule has 5 nitrogen and oxygen atoms in total. The number of rotatable bonds is 6. The SMILES string of the molecule is CCOC(=O)Oc1c2ccc(CS)ccc-2c(CC(C)C)c1NC(C)=O. The number of thiol groups is 1. The Morgan fingerprint density at radius 3 is 2.35 bits per heavy atom. The van der Waals surface area contributed by atoms with Crippen molar-refractivity contribution in [2.45, 2.75) is 39.9 Å². The summed E-state index contributed by atoms with van der Waals surface area (Å²) in [5, 5.41) is 2.84. The third kappa shape index (κ3) is 4.69. The van der Waals surface area contributed by atoms with Crippen LogP contribution in [0.1, 0.15) is 38.8 Å². The minimum Gasteiger partial charge on any atom is -0.434 e. The Bertz CT molecular complexity index is 773. The lowest BCUT2D eigenvalue weighted by atomic mass is 10.00. The lowest BCUT2D eigenvalue weighted by Gasteiger charge is -2.10. The Labute approximate surface area is 159 Å². The molecule has 0 atom stereocenters. The summed E-state index contributed by atoms with van der Waals surface area (Å²) in [6.07, 6.45) is -0.0542. The molecule has 1 amide bonds. The zero-order valence-electron chi connectivity index (χ0n) is 15.6. The van der Waals surface area contributed by atoms with Gasteiger partial charge in [0.05, 0.1) is 12.3 Å². The lowest BCUT2D eigenvalue weighted by molar-refractivity contribution is -0.114. The van der Waals surface area contributed by atoms with Gasteiger partial charge >= 0.3 is 6.16 Å². The Balaban J connectivity index is 2.70. The Kier molecular flexibility index (Phi) is 6.91. The summed E-state index contributed by atoms with van der Waals surface area (Å²) in [4.78, 5) is 23.7. The topological polar surface area (TPSA) is 64.6 Å². The van der Waals surface area contributed by atoms with E-state index in [2.05, 4.69) is 31.8 Å². The number of amides is 1. The maximum atomic E-state index is 12.0. The second kappa shape index (κ2) is 8.94. The zero-order chi connectivity index (χ0) is 19.3. The molecular formula is C20H25NO4S. The van der Waals surface area contributed by atoms with Crippen LogP contribution in [-0.2, 0) is 21.7 Å². The molecule has 0 aromatic carbocycles. The van der Waals surface area contributed by atoms with Gasteiger partial charge in [0.25, 0.3) is 0 Å². The number of nitrogens with one attached hydrogen (secondary N) is 1. The monoisotopic (exact) mass is 375 g/mol. The van der Waals surface area contributed by atoms with E-state index in [-0.39, 0.29) is 12.5 Å². The molecule has 0 heterocycles. The Morgan fingerprint density at radius 1 is 1.15 bits per heavy atom. The van der Waals surface area contributed by atoms with Gasteiger partial charge in [0.2, 0.25) is 5.91 Å². The molecule has 0 saturated heterocycles. The first-order valence-corrected chi connectivity index (χ1v) is 9.31. The van der Waals surface area contributed by atoms with Gasteiger partial charge in [-0.3, -0.25) is 4.79 Å². The van der Waals surface area contributed by atoms with Gasteiger partial charge in [-0.25, -0.2) is 4.79 Å². The molecular weight excluding hydrogens is 350 g/mol. The number of hydrogen-bond donors (Lipinski definition) is 2. The summed E-state index contributed by atoms with van der Waals surface area (Å²) in [6, 6.07) is 7.81. The average Bonchev–Trinajstić information content (AvgIpc) is 2.73. The molecule has 0 aliphatic heterocycles. The molecule has 2 rings (SSSR count). The van der Waals surface area contributed by atoms with Gasteiger partial charge in [0.15, 0.2) is 5.75 Å². The van der Waals surface area contributed by atoms with Crippen LogP contribution in [0.3, 0.4) is 0 Å². The summed E-state index contributed by atoms with van der Waals surface area (Å²) >= 11 is 4.33. The van der Waals surface area contributed by atoms with E-state index in [1.54, 1.807) is 6.92 Å². The number of carbonyl (C=O) groups is 2. The predicted molar refractivity (Wildman–Crippen MR) is 106 cm³/mol. The highest BCUT2D eigenvalue weighted by Gasteiger charge is 2.27. The van der Waals surface area contributed by atoms with Gasteiger partial charge in [-0.05, 0) is 36.0 Å². The molecule has 0 spiro atoms. The fraction of sp³-hybridized carbons (Fsp3) is 0.400. The van der Waals surface area contributed by atoms with E-state index in [0.717, 1.165) is 28.7 Å². The van der Waals surface area contributed by atoms with Crippen LogP contribution < -0.4 is 10.1 Å². The first kappa shape index (κ1) is 20.1. The van der Waals surface area contributed by atoms with Gasteiger partial charge in [-0.2, -0.15) is 12.6 Å². The van der Waals surface area contributed by atoms with Crippen LogP contribution in [0, 0.1) is 5.92 Å². The van der Waals surface area contributed by atoms with E-state index in [9.17, 15) is 9.59 Å². The molecule has 0 radical (unpaired) electrons. The molecule has 26 heavy (non-hydrogen) atoms. The van der Waals surface area contributed by atoms with E-state index in [1.807, 2.05) is 24.3 Å². The van der Waals surface area contributed by atoms with Crippen molar-refractivity contribution in [1.29, 1.82) is 0 Å². The summed E-state index contributed by atoms with van der Waals surface area (Å²) < 4.78 is 10.4. The second-order valence-electron chi connectivity index (χ2n) is 6.47. The Morgan fingerprint density at radius 2 is 1.81 bits per heavy atom. The fourth-order valence-electron chi connectivity index (χ4n) is 2.85. The van der Waals surface area contributed by atoms with Crippen LogP contribution in [0.4, 0.5) is 10.5 Å². The summed E-state index contributed by atoms with van der Waals surface area (Å²) in [7, 11) is 0. The van der Waals surface area contributed by atoms with Crippen molar-refractivity contribution in [2.75, 3.05) is 11.9 Å². The molecule has 1 N–H and O–H groups in total. The van der Waals surface area contributed by atoms with Crippen LogP contribution in [0.2, 0.25) is 0 Å². The van der Waals surface area contributed by atoms with Crippen LogP contribution in [0.15, 0.2) is 24.3 Å². The van der Waals surface area contributed by atoms with Gasteiger partial charge in [0, 0.05) is 18.2 Å². The molecule has 0 fully saturated rings. The number of anilines is 1. The minimum atomic E-state index is -0.789. The predicted octanol–water partition coefficient (Wildman–Crippen LogP) is 4.91. The van der Waals surface area contributed by atoms with Crippen molar-refractivity contribution >= 4 is 30.4 Å². The molecule has 6 heteroatoms. The highest BCUT2D eigenvalue weighted by Crippen LogP contribution is 2.47. The zero-order valence-corrected chi connectivity index (χ0v) is 16.5. The van der Waals surface area contributed by atoms with Crippen molar-refractivity contribution in [2.24, 2.45) is 5.92 Å².